The Hall–Kier alpha value is -0.570. The van der Waals surface area contributed by atoms with Gasteiger partial charge in [-0.2, -0.15) is 0 Å². The fourth-order valence-electron chi connectivity index (χ4n) is 7.60. The van der Waals surface area contributed by atoms with Gasteiger partial charge >= 0.3 is 0 Å². The third-order valence-corrected chi connectivity index (χ3v) is 7.90. The lowest BCUT2D eigenvalue weighted by molar-refractivity contribution is -0.0998. The molecule has 6 rings (SSSR count). The van der Waals surface area contributed by atoms with E-state index in [1.54, 1.807) is 0 Å². The van der Waals surface area contributed by atoms with Crippen LogP contribution < -0.4 is 5.73 Å². The van der Waals surface area contributed by atoms with Gasteiger partial charge in [0.25, 0.3) is 0 Å². The van der Waals surface area contributed by atoms with Gasteiger partial charge in [-0.3, -0.25) is 4.99 Å². The Balaban J connectivity index is 1.44. The Labute approximate surface area is 133 Å². The van der Waals surface area contributed by atoms with Crippen LogP contribution in [0.1, 0.15) is 70.6 Å². The molecule has 5 saturated carbocycles. The van der Waals surface area contributed by atoms with Gasteiger partial charge in [0.1, 0.15) is 11.4 Å². The van der Waals surface area contributed by atoms with Crippen LogP contribution in [0.25, 0.3) is 0 Å². The number of nitrogens with zero attached hydrogens (tertiary/aromatic N) is 1. The highest BCUT2D eigenvalue weighted by atomic mass is 16.3. The van der Waals surface area contributed by atoms with Crippen molar-refractivity contribution in [2.75, 3.05) is 0 Å². The van der Waals surface area contributed by atoms with Crippen LogP contribution in [-0.4, -0.2) is 22.6 Å². The van der Waals surface area contributed by atoms with Crippen LogP contribution in [0.2, 0.25) is 0 Å². The molecule has 0 saturated heterocycles. The maximum absolute atomic E-state index is 11.6. The molecule has 5 aliphatic carbocycles. The molecule has 0 aromatic rings. The van der Waals surface area contributed by atoms with Crippen molar-refractivity contribution >= 4 is 5.84 Å². The quantitative estimate of drug-likeness (QED) is 0.822. The molecule has 0 radical (unpaired) electrons. The summed E-state index contributed by atoms with van der Waals surface area (Å²) < 4.78 is 0. The maximum atomic E-state index is 11.6. The van der Waals surface area contributed by atoms with E-state index in [0.29, 0.717) is 23.2 Å². The first-order valence-electron chi connectivity index (χ1n) is 9.62. The molecular formula is C19H30N2O. The highest BCUT2D eigenvalue weighted by molar-refractivity contribution is 5.91. The van der Waals surface area contributed by atoms with Crippen molar-refractivity contribution in [3.63, 3.8) is 0 Å². The molecule has 0 aromatic carbocycles. The molecule has 0 spiro atoms. The second-order valence-corrected chi connectivity index (χ2v) is 9.49. The first-order chi connectivity index (χ1) is 10.6. The van der Waals surface area contributed by atoms with E-state index < -0.39 is 5.60 Å². The van der Waals surface area contributed by atoms with Gasteiger partial charge in [-0.05, 0) is 81.0 Å². The monoisotopic (exact) mass is 302 g/mol. The largest absolute Gasteiger partial charge is 0.385 e. The summed E-state index contributed by atoms with van der Waals surface area (Å²) in [4.78, 5) is 4.71. The normalized spacial score (nSPS) is 56.0. The van der Waals surface area contributed by atoms with Crippen LogP contribution >= 0.6 is 0 Å². The Morgan fingerprint density at radius 2 is 1.59 bits per heavy atom. The summed E-state index contributed by atoms with van der Waals surface area (Å²) in [5.74, 6) is 3.72. The summed E-state index contributed by atoms with van der Waals surface area (Å²) in [5.41, 5.74) is 5.91. The standard InChI is InChI=1S/C19H30N2O/c20-17-19(22,15-3-1-2-4-16(15)21-17)11-18-8-12-5-13(9-18)7-14(6-12)10-18/h12-16,22H,1-11H2,(H2,20,21). The minimum absolute atomic E-state index is 0.313. The van der Waals surface area contributed by atoms with E-state index in [1.807, 2.05) is 0 Å². The van der Waals surface area contributed by atoms with Gasteiger partial charge in [0, 0.05) is 5.92 Å². The number of aliphatic hydroxyl groups is 1. The Morgan fingerprint density at radius 1 is 1.00 bits per heavy atom. The zero-order valence-electron chi connectivity index (χ0n) is 13.6. The van der Waals surface area contributed by atoms with Crippen molar-refractivity contribution in [1.29, 1.82) is 0 Å². The molecule has 3 unspecified atom stereocenters. The summed E-state index contributed by atoms with van der Waals surface area (Å²) >= 11 is 0. The first-order valence-corrected chi connectivity index (χ1v) is 9.62. The fraction of sp³-hybridized carbons (Fsp3) is 0.947. The highest BCUT2D eigenvalue weighted by Crippen LogP contribution is 2.63. The van der Waals surface area contributed by atoms with Gasteiger partial charge < -0.3 is 10.8 Å². The molecule has 3 N–H and O–H groups in total. The number of nitrogens with two attached hydrogens (primary N) is 1. The van der Waals surface area contributed by atoms with Crippen molar-refractivity contribution in [2.24, 2.45) is 39.8 Å². The summed E-state index contributed by atoms with van der Waals surface area (Å²) in [7, 11) is 0. The SMILES string of the molecule is NC1=NC2CCCCC2C1(O)CC12CC3CC(CC(C3)C1)C2. The van der Waals surface area contributed by atoms with Crippen LogP contribution in [0, 0.1) is 29.1 Å². The molecular weight excluding hydrogens is 272 g/mol. The summed E-state index contributed by atoms with van der Waals surface area (Å²) in [5, 5.41) is 11.6. The van der Waals surface area contributed by atoms with Crippen molar-refractivity contribution in [2.45, 2.75) is 82.3 Å². The molecule has 3 heteroatoms. The molecule has 0 aromatic heterocycles. The van der Waals surface area contributed by atoms with Crippen molar-refractivity contribution in [3.8, 4) is 0 Å². The van der Waals surface area contributed by atoms with E-state index in [1.165, 1.54) is 51.4 Å². The minimum Gasteiger partial charge on any atom is -0.385 e. The molecule has 0 amide bonds. The van der Waals surface area contributed by atoms with Crippen LogP contribution in [0.15, 0.2) is 4.99 Å². The topological polar surface area (TPSA) is 58.6 Å². The second-order valence-electron chi connectivity index (χ2n) is 9.49. The Kier molecular flexibility index (Phi) is 2.83. The number of fused-ring (bicyclic) bond motifs is 1. The van der Waals surface area contributed by atoms with E-state index >= 15 is 0 Å². The average molecular weight is 302 g/mol. The zero-order chi connectivity index (χ0) is 14.9. The maximum Gasteiger partial charge on any atom is 0.127 e. The molecule has 22 heavy (non-hydrogen) atoms. The lowest BCUT2D eigenvalue weighted by Crippen LogP contribution is -2.55. The predicted molar refractivity (Wildman–Crippen MR) is 87.5 cm³/mol. The van der Waals surface area contributed by atoms with Gasteiger partial charge in [-0.15, -0.1) is 0 Å². The average Bonchev–Trinajstić information content (AvgIpc) is 2.68. The van der Waals surface area contributed by atoms with E-state index in [9.17, 15) is 5.11 Å². The predicted octanol–water partition coefficient (Wildman–Crippen LogP) is 3.25. The second kappa shape index (κ2) is 4.49. The van der Waals surface area contributed by atoms with Gasteiger partial charge in [0.15, 0.2) is 0 Å². The van der Waals surface area contributed by atoms with Crippen LogP contribution in [0.3, 0.4) is 0 Å². The smallest absolute Gasteiger partial charge is 0.127 e. The third kappa shape index (κ3) is 1.87. The zero-order valence-corrected chi connectivity index (χ0v) is 13.6. The van der Waals surface area contributed by atoms with Gasteiger partial charge in [-0.1, -0.05) is 12.8 Å². The number of hydrogen-bond acceptors (Lipinski definition) is 3. The third-order valence-electron chi connectivity index (χ3n) is 7.90. The molecule has 122 valence electrons. The van der Waals surface area contributed by atoms with Crippen molar-refractivity contribution in [1.82, 2.24) is 0 Å². The van der Waals surface area contributed by atoms with Crippen molar-refractivity contribution < 1.29 is 5.11 Å². The molecule has 3 nitrogen and oxygen atoms in total. The lowest BCUT2D eigenvalue weighted by Gasteiger charge is -2.58. The van der Waals surface area contributed by atoms with E-state index in [-0.39, 0.29) is 0 Å². The van der Waals surface area contributed by atoms with Crippen LogP contribution in [0.5, 0.6) is 0 Å². The molecule has 1 heterocycles. The number of aliphatic imine (C=N–C) groups is 1. The van der Waals surface area contributed by atoms with E-state index in [4.69, 9.17) is 10.7 Å². The molecule has 3 atom stereocenters. The van der Waals surface area contributed by atoms with Gasteiger partial charge in [0.2, 0.25) is 0 Å². The Morgan fingerprint density at radius 3 is 2.23 bits per heavy atom. The van der Waals surface area contributed by atoms with Crippen LogP contribution in [0.4, 0.5) is 0 Å². The van der Waals surface area contributed by atoms with Crippen molar-refractivity contribution in [3.05, 3.63) is 0 Å². The number of rotatable bonds is 2. The summed E-state index contributed by atoms with van der Waals surface area (Å²) in [6.45, 7) is 0. The first kappa shape index (κ1) is 13.8. The molecule has 1 aliphatic heterocycles. The van der Waals surface area contributed by atoms with E-state index in [0.717, 1.165) is 37.0 Å². The minimum atomic E-state index is -0.781. The highest BCUT2D eigenvalue weighted by Gasteiger charge is 2.58. The van der Waals surface area contributed by atoms with Gasteiger partial charge in [-0.25, -0.2) is 0 Å². The molecule has 6 aliphatic rings. The van der Waals surface area contributed by atoms with Crippen LogP contribution in [-0.2, 0) is 0 Å². The summed E-state index contributed by atoms with van der Waals surface area (Å²) in [6.07, 6.45) is 14.1. The fourth-order valence-corrected chi connectivity index (χ4v) is 7.60. The summed E-state index contributed by atoms with van der Waals surface area (Å²) in [6, 6.07) is 0.313. The number of amidine groups is 1. The van der Waals surface area contributed by atoms with E-state index in [2.05, 4.69) is 0 Å². The van der Waals surface area contributed by atoms with Gasteiger partial charge in [0.05, 0.1) is 6.04 Å². The Bertz CT molecular complexity index is 478. The lowest BCUT2D eigenvalue weighted by atomic mass is 9.47. The number of hydrogen-bond donors (Lipinski definition) is 2. The molecule has 5 fully saturated rings. The molecule has 4 bridgehead atoms.